The minimum atomic E-state index is -1.50. The molecule has 90 valence electrons. The molecule has 1 aromatic carbocycles. The summed E-state index contributed by atoms with van der Waals surface area (Å²) in [6.45, 7) is 1.73. The number of rotatable bonds is 2. The second-order valence-electron chi connectivity index (χ2n) is 3.54. The van der Waals surface area contributed by atoms with Crippen molar-refractivity contribution >= 4 is 11.3 Å². The van der Waals surface area contributed by atoms with Gasteiger partial charge >= 0.3 is 0 Å². The first-order chi connectivity index (χ1) is 8.02. The van der Waals surface area contributed by atoms with Crippen LogP contribution in [0.5, 0.6) is 0 Å². The highest BCUT2D eigenvalue weighted by Crippen LogP contribution is 2.28. The van der Waals surface area contributed by atoms with Crippen molar-refractivity contribution in [3.8, 4) is 0 Å². The Balaban J connectivity index is 2.48. The summed E-state index contributed by atoms with van der Waals surface area (Å²) in [5.74, 6) is -3.97. The summed E-state index contributed by atoms with van der Waals surface area (Å²) in [5.41, 5.74) is 7.98. The molecule has 1 heterocycles. The number of nitrogens with zero attached hydrogens (tertiary/aromatic N) is 1. The predicted octanol–water partition coefficient (Wildman–Crippen LogP) is 2.92. The lowest BCUT2D eigenvalue weighted by atomic mass is 10.0. The van der Waals surface area contributed by atoms with Crippen LogP contribution in [0.25, 0.3) is 0 Å². The van der Waals surface area contributed by atoms with Crippen LogP contribution in [0.2, 0.25) is 0 Å². The van der Waals surface area contributed by atoms with Crippen molar-refractivity contribution in [1.82, 2.24) is 4.98 Å². The molecule has 0 amide bonds. The first-order valence-corrected chi connectivity index (χ1v) is 5.69. The van der Waals surface area contributed by atoms with Gasteiger partial charge in [-0.1, -0.05) is 6.07 Å². The molecule has 1 atom stereocenters. The van der Waals surface area contributed by atoms with Gasteiger partial charge in [-0.05, 0) is 13.0 Å². The van der Waals surface area contributed by atoms with Crippen LogP contribution in [0.1, 0.15) is 22.2 Å². The van der Waals surface area contributed by atoms with Crippen LogP contribution in [-0.2, 0) is 0 Å². The third-order valence-electron chi connectivity index (χ3n) is 2.47. The summed E-state index contributed by atoms with van der Waals surface area (Å²) in [4.78, 5) is 4.62. The zero-order chi connectivity index (χ0) is 12.6. The predicted molar refractivity (Wildman–Crippen MR) is 59.2 cm³/mol. The summed E-state index contributed by atoms with van der Waals surface area (Å²) >= 11 is 1.25. The number of hydrogen-bond acceptors (Lipinski definition) is 3. The maximum Gasteiger partial charge on any atom is 0.194 e. The summed E-state index contributed by atoms with van der Waals surface area (Å²) in [6.07, 6.45) is 0. The Kier molecular flexibility index (Phi) is 3.17. The number of nitrogens with two attached hydrogens (primary N) is 1. The van der Waals surface area contributed by atoms with Crippen molar-refractivity contribution in [1.29, 1.82) is 0 Å². The third-order valence-corrected chi connectivity index (χ3v) is 3.48. The lowest BCUT2D eigenvalue weighted by Gasteiger charge is -2.12. The van der Waals surface area contributed by atoms with Crippen LogP contribution < -0.4 is 5.73 Å². The quantitative estimate of drug-likeness (QED) is 0.841. The van der Waals surface area contributed by atoms with Gasteiger partial charge in [0.05, 0.1) is 17.2 Å². The Labute approximate surface area is 99.9 Å². The van der Waals surface area contributed by atoms with Crippen LogP contribution >= 0.6 is 11.3 Å². The highest BCUT2D eigenvalue weighted by Gasteiger charge is 2.21. The van der Waals surface area contributed by atoms with Gasteiger partial charge in [0, 0.05) is 10.4 Å². The van der Waals surface area contributed by atoms with Crippen LogP contribution in [0, 0.1) is 24.4 Å². The normalized spacial score (nSPS) is 12.8. The fraction of sp³-hybridized carbons (Fsp3) is 0.182. The molecular weight excluding hydrogens is 249 g/mol. The maximum atomic E-state index is 13.5. The molecule has 1 aromatic heterocycles. The molecule has 2 N–H and O–H groups in total. The van der Waals surface area contributed by atoms with Crippen molar-refractivity contribution in [3.05, 3.63) is 51.2 Å². The molecule has 1 unspecified atom stereocenters. The van der Waals surface area contributed by atoms with E-state index in [1.54, 1.807) is 12.4 Å². The van der Waals surface area contributed by atoms with Crippen molar-refractivity contribution in [2.75, 3.05) is 0 Å². The van der Waals surface area contributed by atoms with Gasteiger partial charge in [-0.25, -0.2) is 18.2 Å². The fourth-order valence-electron chi connectivity index (χ4n) is 1.53. The lowest BCUT2D eigenvalue weighted by molar-refractivity contribution is 0.438. The largest absolute Gasteiger partial charge is 0.319 e. The summed E-state index contributed by atoms with van der Waals surface area (Å²) in [7, 11) is 0. The summed E-state index contributed by atoms with van der Waals surface area (Å²) < 4.78 is 39.4. The van der Waals surface area contributed by atoms with Crippen LogP contribution in [0.15, 0.2) is 17.6 Å². The number of aromatic nitrogens is 1. The van der Waals surface area contributed by atoms with Gasteiger partial charge in [0.2, 0.25) is 0 Å². The standard InChI is InChI=1S/C11H9F3N2S/c1-5-11(17-4-16-5)10(15)6-2-3-7(12)9(14)8(6)13/h2-4,10H,15H2,1H3. The minimum Gasteiger partial charge on any atom is -0.319 e. The van der Waals surface area contributed by atoms with Crippen molar-refractivity contribution in [2.45, 2.75) is 13.0 Å². The van der Waals surface area contributed by atoms with Gasteiger partial charge < -0.3 is 5.73 Å². The molecule has 17 heavy (non-hydrogen) atoms. The molecule has 0 aliphatic carbocycles. The summed E-state index contributed by atoms with van der Waals surface area (Å²) in [6, 6.07) is 1.18. The number of aryl methyl sites for hydroxylation is 1. The molecule has 0 spiro atoms. The Bertz CT molecular complexity index is 554. The van der Waals surface area contributed by atoms with E-state index in [2.05, 4.69) is 4.98 Å². The van der Waals surface area contributed by atoms with E-state index in [0.29, 0.717) is 10.6 Å². The molecule has 0 bridgehead atoms. The highest BCUT2D eigenvalue weighted by atomic mass is 32.1. The van der Waals surface area contributed by atoms with Gasteiger partial charge in [-0.3, -0.25) is 0 Å². The van der Waals surface area contributed by atoms with E-state index in [0.717, 1.165) is 12.1 Å². The van der Waals surface area contributed by atoms with E-state index in [1.807, 2.05) is 0 Å². The Morgan fingerprint density at radius 1 is 1.24 bits per heavy atom. The Morgan fingerprint density at radius 3 is 2.53 bits per heavy atom. The van der Waals surface area contributed by atoms with E-state index in [-0.39, 0.29) is 5.56 Å². The van der Waals surface area contributed by atoms with Gasteiger partial charge in [0.25, 0.3) is 0 Å². The first-order valence-electron chi connectivity index (χ1n) is 4.81. The summed E-state index contributed by atoms with van der Waals surface area (Å²) in [5, 5.41) is 0. The van der Waals surface area contributed by atoms with Crippen molar-refractivity contribution in [2.24, 2.45) is 5.73 Å². The molecule has 0 aliphatic heterocycles. The molecule has 0 aliphatic rings. The average molecular weight is 258 g/mol. The van der Waals surface area contributed by atoms with Crippen LogP contribution in [0.4, 0.5) is 13.2 Å². The van der Waals surface area contributed by atoms with Crippen molar-refractivity contribution in [3.63, 3.8) is 0 Å². The number of halogens is 3. The molecule has 2 nitrogen and oxygen atoms in total. The molecule has 0 fully saturated rings. The molecule has 0 saturated carbocycles. The van der Waals surface area contributed by atoms with E-state index in [4.69, 9.17) is 5.73 Å². The topological polar surface area (TPSA) is 38.9 Å². The Morgan fingerprint density at radius 2 is 1.94 bits per heavy atom. The van der Waals surface area contributed by atoms with Crippen LogP contribution in [0.3, 0.4) is 0 Å². The first kappa shape index (κ1) is 12.1. The molecular formula is C11H9F3N2S. The van der Waals surface area contributed by atoms with E-state index in [1.165, 1.54) is 11.3 Å². The lowest BCUT2D eigenvalue weighted by Crippen LogP contribution is -2.14. The molecule has 0 radical (unpaired) electrons. The highest BCUT2D eigenvalue weighted by molar-refractivity contribution is 7.09. The SMILES string of the molecule is Cc1ncsc1C(N)c1ccc(F)c(F)c1F. The fourth-order valence-corrected chi connectivity index (χ4v) is 2.35. The second kappa shape index (κ2) is 4.46. The van der Waals surface area contributed by atoms with Gasteiger partial charge in [-0.2, -0.15) is 0 Å². The monoisotopic (exact) mass is 258 g/mol. The minimum absolute atomic E-state index is 0.0729. The zero-order valence-corrected chi connectivity index (χ0v) is 9.69. The third kappa shape index (κ3) is 2.05. The van der Waals surface area contributed by atoms with Crippen LogP contribution in [-0.4, -0.2) is 4.98 Å². The van der Waals surface area contributed by atoms with Crippen molar-refractivity contribution < 1.29 is 13.2 Å². The molecule has 2 aromatic rings. The van der Waals surface area contributed by atoms with Gasteiger partial charge in [-0.15, -0.1) is 11.3 Å². The van der Waals surface area contributed by atoms with E-state index >= 15 is 0 Å². The smallest absolute Gasteiger partial charge is 0.194 e. The maximum absolute atomic E-state index is 13.5. The number of thiazole rings is 1. The number of hydrogen-bond donors (Lipinski definition) is 1. The molecule has 6 heteroatoms. The van der Waals surface area contributed by atoms with E-state index in [9.17, 15) is 13.2 Å². The van der Waals surface area contributed by atoms with Gasteiger partial charge in [0.15, 0.2) is 17.5 Å². The second-order valence-corrected chi connectivity index (χ2v) is 4.43. The Hall–Kier alpha value is -1.40. The van der Waals surface area contributed by atoms with Gasteiger partial charge in [0.1, 0.15) is 0 Å². The molecule has 2 rings (SSSR count). The molecule has 0 saturated heterocycles. The average Bonchev–Trinajstić information content (AvgIpc) is 2.72. The number of benzene rings is 1. The van der Waals surface area contributed by atoms with E-state index < -0.39 is 23.5 Å². The zero-order valence-electron chi connectivity index (χ0n) is 8.88.